The lowest BCUT2D eigenvalue weighted by Gasteiger charge is -1.95. The van der Waals surface area contributed by atoms with E-state index in [4.69, 9.17) is 0 Å². The van der Waals surface area contributed by atoms with Crippen LogP contribution >= 0.6 is 0 Å². The van der Waals surface area contributed by atoms with Crippen molar-refractivity contribution >= 4 is 17.8 Å². The third-order valence-electron chi connectivity index (χ3n) is 2.33. The number of aliphatic hydroxyl groups excluding tert-OH is 1. The maximum Gasteiger partial charge on any atom is 0.199 e. The molecule has 0 amide bonds. The third kappa shape index (κ3) is 1.46. The molecule has 15 heavy (non-hydrogen) atoms. The molecular formula is C12H11NO2. The highest BCUT2D eigenvalue weighted by atomic mass is 16.3. The Labute approximate surface area is 87.8 Å². The van der Waals surface area contributed by atoms with Crippen LogP contribution in [0.1, 0.15) is 22.8 Å². The first kappa shape index (κ1) is 9.65. The molecule has 1 aliphatic carbocycles. The van der Waals surface area contributed by atoms with Crippen LogP contribution in [0.2, 0.25) is 0 Å². The molecule has 0 bridgehead atoms. The van der Waals surface area contributed by atoms with Crippen LogP contribution in [-0.4, -0.2) is 23.6 Å². The third-order valence-corrected chi connectivity index (χ3v) is 2.33. The first-order chi connectivity index (χ1) is 7.25. The van der Waals surface area contributed by atoms with E-state index in [2.05, 4.69) is 4.99 Å². The Hall–Kier alpha value is -1.90. The fraction of sp³-hybridized carbons (Fsp3) is 0.167. The predicted molar refractivity (Wildman–Crippen MR) is 59.4 cm³/mol. The van der Waals surface area contributed by atoms with Crippen LogP contribution in [0.4, 0.5) is 0 Å². The Morgan fingerprint density at radius 3 is 2.60 bits per heavy atom. The van der Waals surface area contributed by atoms with Crippen molar-refractivity contribution in [3.8, 4) is 0 Å². The molecule has 0 radical (unpaired) electrons. The van der Waals surface area contributed by atoms with Crippen molar-refractivity contribution in [2.45, 2.75) is 6.92 Å². The highest BCUT2D eigenvalue weighted by molar-refractivity contribution is 6.30. The number of hydrogen-bond donors (Lipinski definition) is 1. The molecule has 3 nitrogen and oxygen atoms in total. The predicted octanol–water partition coefficient (Wildman–Crippen LogP) is 2.24. The number of Topliss-reactive ketones (excluding diaryl/α,β-unsaturated/α-hetero) is 1. The molecule has 0 saturated carbocycles. The molecule has 0 aliphatic heterocycles. The van der Waals surface area contributed by atoms with E-state index >= 15 is 0 Å². The minimum atomic E-state index is -0.152. The van der Waals surface area contributed by atoms with Gasteiger partial charge in [0.1, 0.15) is 5.76 Å². The molecule has 1 N–H and O–H groups in total. The standard InChI is InChI=1S/C12H11NO2/c1-2-13-7-10-11(14)8-5-3-4-6-9(8)12(10)15/h3-7,14H,2H2,1H3. The number of aliphatic imine (C=N–C) groups is 1. The van der Waals surface area contributed by atoms with Crippen molar-refractivity contribution in [2.75, 3.05) is 6.54 Å². The highest BCUT2D eigenvalue weighted by Gasteiger charge is 2.27. The lowest BCUT2D eigenvalue weighted by Crippen LogP contribution is -1.99. The van der Waals surface area contributed by atoms with Crippen LogP contribution in [-0.2, 0) is 0 Å². The van der Waals surface area contributed by atoms with Gasteiger partial charge >= 0.3 is 0 Å². The van der Waals surface area contributed by atoms with Crippen LogP contribution in [0.15, 0.2) is 34.8 Å². The zero-order valence-corrected chi connectivity index (χ0v) is 8.40. The Morgan fingerprint density at radius 2 is 2.00 bits per heavy atom. The van der Waals surface area contributed by atoms with E-state index < -0.39 is 0 Å². The average Bonchev–Trinajstić information content (AvgIpc) is 2.51. The zero-order chi connectivity index (χ0) is 10.8. The Kier molecular flexibility index (Phi) is 2.37. The zero-order valence-electron chi connectivity index (χ0n) is 8.40. The smallest absolute Gasteiger partial charge is 0.199 e. The number of benzene rings is 1. The van der Waals surface area contributed by atoms with Gasteiger partial charge in [-0.05, 0) is 6.92 Å². The minimum absolute atomic E-state index is 0.0350. The summed E-state index contributed by atoms with van der Waals surface area (Å²) in [5.74, 6) is -0.117. The van der Waals surface area contributed by atoms with E-state index in [-0.39, 0.29) is 17.1 Å². The molecule has 0 saturated heterocycles. The van der Waals surface area contributed by atoms with Crippen molar-refractivity contribution in [1.82, 2.24) is 0 Å². The van der Waals surface area contributed by atoms with Crippen LogP contribution in [0, 0.1) is 0 Å². The summed E-state index contributed by atoms with van der Waals surface area (Å²) in [5.41, 5.74) is 1.44. The fourth-order valence-corrected chi connectivity index (χ4v) is 1.59. The molecule has 0 unspecified atom stereocenters. The molecule has 0 spiro atoms. The van der Waals surface area contributed by atoms with Gasteiger partial charge in [0.15, 0.2) is 5.78 Å². The summed E-state index contributed by atoms with van der Waals surface area (Å²) in [6.07, 6.45) is 1.44. The largest absolute Gasteiger partial charge is 0.506 e. The lowest BCUT2D eigenvalue weighted by molar-refractivity contribution is 0.104. The average molecular weight is 201 g/mol. The summed E-state index contributed by atoms with van der Waals surface area (Å²) < 4.78 is 0. The van der Waals surface area contributed by atoms with Crippen LogP contribution in [0.3, 0.4) is 0 Å². The van der Waals surface area contributed by atoms with E-state index in [9.17, 15) is 9.90 Å². The van der Waals surface area contributed by atoms with Crippen LogP contribution in [0.25, 0.3) is 5.76 Å². The molecule has 0 fully saturated rings. The number of hydrogen-bond acceptors (Lipinski definition) is 3. The first-order valence-electron chi connectivity index (χ1n) is 4.83. The molecule has 0 aromatic heterocycles. The van der Waals surface area contributed by atoms with E-state index in [1.807, 2.05) is 6.92 Å². The summed E-state index contributed by atoms with van der Waals surface area (Å²) in [4.78, 5) is 15.8. The van der Waals surface area contributed by atoms with Crippen molar-refractivity contribution < 1.29 is 9.90 Å². The molecule has 1 aromatic carbocycles. The molecule has 1 aromatic rings. The van der Waals surface area contributed by atoms with Gasteiger partial charge in [0.25, 0.3) is 0 Å². The van der Waals surface area contributed by atoms with Crippen molar-refractivity contribution in [1.29, 1.82) is 0 Å². The number of allylic oxidation sites excluding steroid dienone is 1. The van der Waals surface area contributed by atoms with E-state index in [0.717, 1.165) is 0 Å². The quantitative estimate of drug-likeness (QED) is 0.746. The number of ketones is 1. The van der Waals surface area contributed by atoms with Gasteiger partial charge in [-0.25, -0.2) is 0 Å². The first-order valence-corrected chi connectivity index (χ1v) is 4.83. The molecular weight excluding hydrogens is 190 g/mol. The molecule has 1 aliphatic rings. The summed E-state index contributed by atoms with van der Waals surface area (Å²) in [6.45, 7) is 2.47. The lowest BCUT2D eigenvalue weighted by atomic mass is 10.1. The number of carbonyl (C=O) groups excluding carboxylic acids is 1. The Morgan fingerprint density at radius 1 is 1.33 bits per heavy atom. The second-order valence-corrected chi connectivity index (χ2v) is 3.26. The van der Waals surface area contributed by atoms with Gasteiger partial charge in [-0.1, -0.05) is 24.3 Å². The summed E-state index contributed by atoms with van der Waals surface area (Å²) in [7, 11) is 0. The minimum Gasteiger partial charge on any atom is -0.506 e. The molecule has 0 heterocycles. The molecule has 0 atom stereocenters. The maximum absolute atomic E-state index is 11.8. The SMILES string of the molecule is CCN=CC1=C(O)c2ccccc2C1=O. The van der Waals surface area contributed by atoms with Gasteiger partial charge in [-0.3, -0.25) is 9.79 Å². The molecule has 3 heteroatoms. The van der Waals surface area contributed by atoms with Crippen molar-refractivity contribution in [3.05, 3.63) is 41.0 Å². The van der Waals surface area contributed by atoms with Crippen molar-refractivity contribution in [2.24, 2.45) is 4.99 Å². The second kappa shape index (κ2) is 3.69. The van der Waals surface area contributed by atoms with Gasteiger partial charge in [-0.2, -0.15) is 0 Å². The Balaban J connectivity index is 2.50. The fourth-order valence-electron chi connectivity index (χ4n) is 1.59. The summed E-state index contributed by atoms with van der Waals surface area (Å²) in [5, 5.41) is 9.81. The summed E-state index contributed by atoms with van der Waals surface area (Å²) >= 11 is 0. The number of aliphatic hydroxyl groups is 1. The van der Waals surface area contributed by atoms with E-state index in [1.165, 1.54) is 6.21 Å². The van der Waals surface area contributed by atoms with Crippen molar-refractivity contribution in [3.63, 3.8) is 0 Å². The maximum atomic E-state index is 11.8. The van der Waals surface area contributed by atoms with E-state index in [1.54, 1.807) is 24.3 Å². The number of nitrogens with zero attached hydrogens (tertiary/aromatic N) is 1. The van der Waals surface area contributed by atoms with Gasteiger partial charge in [0.2, 0.25) is 0 Å². The number of carbonyl (C=O) groups is 1. The normalized spacial score (nSPS) is 15.1. The van der Waals surface area contributed by atoms with Crippen LogP contribution < -0.4 is 0 Å². The topological polar surface area (TPSA) is 49.7 Å². The highest BCUT2D eigenvalue weighted by Crippen LogP contribution is 2.29. The van der Waals surface area contributed by atoms with Gasteiger partial charge in [-0.15, -0.1) is 0 Å². The summed E-state index contributed by atoms with van der Waals surface area (Å²) in [6, 6.07) is 7.02. The molecule has 2 rings (SSSR count). The van der Waals surface area contributed by atoms with Gasteiger partial charge in [0.05, 0.1) is 5.57 Å². The number of rotatable bonds is 2. The van der Waals surface area contributed by atoms with Gasteiger partial charge in [0, 0.05) is 23.9 Å². The Bertz CT molecular complexity index is 472. The molecule has 76 valence electrons. The van der Waals surface area contributed by atoms with Gasteiger partial charge < -0.3 is 5.11 Å². The van der Waals surface area contributed by atoms with E-state index in [0.29, 0.717) is 17.7 Å². The number of fused-ring (bicyclic) bond motifs is 1. The monoisotopic (exact) mass is 201 g/mol. The second-order valence-electron chi connectivity index (χ2n) is 3.26. The van der Waals surface area contributed by atoms with Crippen LogP contribution in [0.5, 0.6) is 0 Å².